The minimum absolute atomic E-state index is 0.0888. The van der Waals surface area contributed by atoms with Crippen LogP contribution in [0.2, 0.25) is 5.15 Å². The zero-order chi connectivity index (χ0) is 22.5. The first-order valence-corrected chi connectivity index (χ1v) is 13.5. The highest BCUT2D eigenvalue weighted by Gasteiger charge is 2.25. The lowest BCUT2D eigenvalue weighted by Gasteiger charge is -2.22. The van der Waals surface area contributed by atoms with E-state index in [1.165, 1.54) is 17.5 Å². The molecule has 6 nitrogen and oxygen atoms in total. The zero-order valence-electron chi connectivity index (χ0n) is 16.0. The van der Waals surface area contributed by atoms with Gasteiger partial charge in [-0.3, -0.25) is 10.3 Å². The quantitative estimate of drug-likeness (QED) is 0.223. The van der Waals surface area contributed by atoms with Gasteiger partial charge in [0.05, 0.1) is 23.0 Å². The number of nitrogens with zero attached hydrogens (tertiary/aromatic N) is 3. The van der Waals surface area contributed by atoms with Crippen molar-refractivity contribution in [2.24, 2.45) is 0 Å². The Morgan fingerprint density at radius 2 is 2.20 bits per heavy atom. The van der Waals surface area contributed by atoms with Crippen molar-refractivity contribution < 1.29 is 22.4 Å². The summed E-state index contributed by atoms with van der Waals surface area (Å²) in [5.41, 5.74) is 0.787. The molecule has 1 aromatic rings. The molecule has 0 unspecified atom stereocenters. The first-order valence-electron chi connectivity index (χ1n) is 8.99. The lowest BCUT2D eigenvalue weighted by Crippen LogP contribution is -2.30. The third-order valence-corrected chi connectivity index (χ3v) is 8.37. The van der Waals surface area contributed by atoms with Crippen LogP contribution in [0.25, 0.3) is 5.57 Å². The van der Waals surface area contributed by atoms with Crippen LogP contribution < -0.4 is 4.90 Å². The Bertz CT molecular complexity index is 932. The highest BCUT2D eigenvalue weighted by atomic mass is 127. The number of thiocarbonyl (C=S) groups is 1. The summed E-state index contributed by atoms with van der Waals surface area (Å²) in [4.78, 5) is 6.46. The Balaban J connectivity index is 2.03. The van der Waals surface area contributed by atoms with Gasteiger partial charge in [0.25, 0.3) is 3.93 Å². The topological polar surface area (TPSA) is 73.7 Å². The monoisotopic (exact) mass is 611 g/mol. The molecule has 0 spiro atoms. The fraction of sp³-hybridized carbons (Fsp3) is 0.529. The van der Waals surface area contributed by atoms with Crippen LogP contribution in [-0.4, -0.2) is 57.2 Å². The largest absolute Gasteiger partial charge is 0.325 e. The van der Waals surface area contributed by atoms with Crippen molar-refractivity contribution in [2.75, 3.05) is 29.5 Å². The summed E-state index contributed by atoms with van der Waals surface area (Å²) in [7, 11) is -3.50. The maximum atomic E-state index is 12.9. The van der Waals surface area contributed by atoms with Crippen LogP contribution in [0.3, 0.4) is 0 Å². The van der Waals surface area contributed by atoms with Gasteiger partial charge in [0.2, 0.25) is 0 Å². The summed E-state index contributed by atoms with van der Waals surface area (Å²) in [6.07, 6.45) is 4.55. The summed E-state index contributed by atoms with van der Waals surface area (Å²) in [5, 5.41) is 12.1. The average molecular weight is 612 g/mol. The van der Waals surface area contributed by atoms with E-state index < -0.39 is 20.2 Å². The number of hydrogen-bond acceptors (Lipinski definition) is 7. The van der Waals surface area contributed by atoms with Gasteiger partial charge in [-0.05, 0) is 42.0 Å². The smallest absolute Gasteiger partial charge is 0.296 e. The van der Waals surface area contributed by atoms with Crippen LogP contribution in [0.4, 0.5) is 13.8 Å². The number of thiazole rings is 1. The van der Waals surface area contributed by atoms with Crippen LogP contribution in [0.15, 0.2) is 18.4 Å². The predicted octanol–water partition coefficient (Wildman–Crippen LogP) is 5.17. The third kappa shape index (κ3) is 7.93. The summed E-state index contributed by atoms with van der Waals surface area (Å²) < 4.78 is 47.2. The van der Waals surface area contributed by atoms with E-state index in [2.05, 4.69) is 4.98 Å². The van der Waals surface area contributed by atoms with E-state index in [1.54, 1.807) is 11.0 Å². The Hall–Kier alpha value is -0.410. The van der Waals surface area contributed by atoms with Crippen molar-refractivity contribution in [2.45, 2.75) is 30.1 Å². The van der Waals surface area contributed by atoms with E-state index in [1.807, 2.05) is 13.0 Å². The Morgan fingerprint density at radius 3 is 2.80 bits per heavy atom. The molecule has 2 heterocycles. The molecule has 168 valence electrons. The number of hydrogen-bond donors (Lipinski definition) is 1. The maximum absolute atomic E-state index is 12.9. The summed E-state index contributed by atoms with van der Waals surface area (Å²) in [5.74, 6) is -0.515. The van der Waals surface area contributed by atoms with Crippen molar-refractivity contribution >= 4 is 83.1 Å². The second kappa shape index (κ2) is 10.9. The van der Waals surface area contributed by atoms with E-state index in [4.69, 9.17) is 23.8 Å². The van der Waals surface area contributed by atoms with Gasteiger partial charge < -0.3 is 4.90 Å². The number of allylic oxidation sites excluding steroid dienone is 2. The van der Waals surface area contributed by atoms with Crippen LogP contribution in [-0.2, 0) is 9.84 Å². The standard InChI is InChI=1S/C17H21ClF2IN3O3S3/c1-2-24(13(28)6-10-30(26,27)9-4-7-17(19,20)21)16-14(18)22-15(29-16)12-5-3-8-23(25)11-12/h3,5,8,25H,2,4,6-7,9-11H2,1H3. The normalized spacial score (nSPS) is 14.7. The molecule has 0 radical (unpaired) electrons. The molecule has 0 amide bonds. The molecule has 13 heteroatoms. The number of rotatable bonds is 10. The Labute approximate surface area is 202 Å². The molecular formula is C17H21ClF2IN3O3S3. The molecule has 0 aromatic carbocycles. The lowest BCUT2D eigenvalue weighted by molar-refractivity contribution is -0.0279. The maximum Gasteiger partial charge on any atom is 0.296 e. The predicted molar refractivity (Wildman–Crippen MR) is 130 cm³/mol. The Morgan fingerprint density at radius 1 is 1.50 bits per heavy atom. The molecule has 0 saturated heterocycles. The van der Waals surface area contributed by atoms with E-state index in [0.29, 0.717) is 21.5 Å². The molecule has 0 saturated carbocycles. The zero-order valence-corrected chi connectivity index (χ0v) is 21.4. The molecule has 2 rings (SSSR count). The van der Waals surface area contributed by atoms with Crippen molar-refractivity contribution in [1.82, 2.24) is 10.0 Å². The molecule has 1 aromatic heterocycles. The van der Waals surface area contributed by atoms with Gasteiger partial charge in [-0.25, -0.2) is 13.4 Å². The minimum atomic E-state index is -3.50. The number of anilines is 1. The van der Waals surface area contributed by atoms with Gasteiger partial charge in [-0.15, -0.1) is 0 Å². The Kier molecular flexibility index (Phi) is 9.43. The molecule has 1 aliphatic heterocycles. The number of halogens is 4. The number of alkyl halides is 3. The second-order valence-corrected chi connectivity index (χ2v) is 12.2. The number of aromatic nitrogens is 1. The van der Waals surface area contributed by atoms with Gasteiger partial charge >= 0.3 is 0 Å². The van der Waals surface area contributed by atoms with E-state index in [0.717, 1.165) is 33.2 Å². The third-order valence-electron chi connectivity index (χ3n) is 4.14. The van der Waals surface area contributed by atoms with Gasteiger partial charge in [-0.2, -0.15) is 8.78 Å². The van der Waals surface area contributed by atoms with Gasteiger partial charge in [0.15, 0.2) is 15.0 Å². The highest BCUT2D eigenvalue weighted by Crippen LogP contribution is 2.37. The van der Waals surface area contributed by atoms with Crippen molar-refractivity contribution in [3.05, 3.63) is 28.5 Å². The molecule has 30 heavy (non-hydrogen) atoms. The molecule has 0 bridgehead atoms. The number of hydroxylamine groups is 2. The molecule has 0 aliphatic carbocycles. The number of sulfone groups is 1. The van der Waals surface area contributed by atoms with Crippen LogP contribution in [0.1, 0.15) is 31.2 Å². The van der Waals surface area contributed by atoms with Crippen molar-refractivity contribution in [1.29, 1.82) is 0 Å². The first-order chi connectivity index (χ1) is 13.9. The van der Waals surface area contributed by atoms with E-state index in [-0.39, 0.29) is 36.0 Å². The van der Waals surface area contributed by atoms with E-state index in [9.17, 15) is 22.4 Å². The fourth-order valence-corrected chi connectivity index (χ4v) is 6.28. The highest BCUT2D eigenvalue weighted by molar-refractivity contribution is 14.1. The minimum Gasteiger partial charge on any atom is -0.325 e. The molecule has 0 atom stereocenters. The summed E-state index contributed by atoms with van der Waals surface area (Å²) in [6, 6.07) is 0. The van der Waals surface area contributed by atoms with Gasteiger partial charge in [0, 0.05) is 31.2 Å². The molecule has 1 aliphatic rings. The van der Waals surface area contributed by atoms with Crippen molar-refractivity contribution in [3.63, 3.8) is 0 Å². The van der Waals surface area contributed by atoms with Crippen LogP contribution >= 0.6 is 57.7 Å². The van der Waals surface area contributed by atoms with Crippen LogP contribution in [0.5, 0.6) is 0 Å². The molecule has 1 N–H and O–H groups in total. The molecular weight excluding hydrogens is 591 g/mol. The first kappa shape index (κ1) is 25.8. The second-order valence-electron chi connectivity index (χ2n) is 6.50. The van der Waals surface area contributed by atoms with Crippen LogP contribution in [0, 0.1) is 0 Å². The fourth-order valence-electron chi connectivity index (χ4n) is 2.68. The summed E-state index contributed by atoms with van der Waals surface area (Å²) >= 11 is 14.0. The summed E-state index contributed by atoms with van der Waals surface area (Å²) in [6.45, 7) is 2.59. The van der Waals surface area contributed by atoms with Gasteiger partial charge in [-0.1, -0.05) is 41.2 Å². The SMILES string of the molecule is CCN(C(=S)CCS(=O)(=O)CCCC(F)(F)I)c1sc(C2=CC=CN(O)C2)nc1Cl. The lowest BCUT2D eigenvalue weighted by atomic mass is 10.2. The molecule has 0 fully saturated rings. The average Bonchev–Trinajstić information content (AvgIpc) is 3.01. The van der Waals surface area contributed by atoms with Gasteiger partial charge in [0.1, 0.15) is 10.0 Å². The van der Waals surface area contributed by atoms with E-state index >= 15 is 0 Å². The van der Waals surface area contributed by atoms with Crippen molar-refractivity contribution in [3.8, 4) is 0 Å².